The molecule has 6 rings (SSSR count). The summed E-state index contributed by atoms with van der Waals surface area (Å²) in [6, 6.07) is 3.39. The highest BCUT2D eigenvalue weighted by atomic mass is 32.2. The van der Waals surface area contributed by atoms with Gasteiger partial charge >= 0.3 is 15.4 Å². The van der Waals surface area contributed by atoms with Gasteiger partial charge in [0.2, 0.25) is 24.2 Å². The quantitative estimate of drug-likeness (QED) is 0.0391. The molecule has 31 heteroatoms. The van der Waals surface area contributed by atoms with Crippen molar-refractivity contribution in [3.8, 4) is 23.0 Å². The first-order valence-corrected chi connectivity index (χ1v) is 20.9. The number of nitrogens with zero attached hydrogens (tertiary/aromatic N) is 1. The average molecular weight is 937 g/mol. The van der Waals surface area contributed by atoms with Crippen LogP contribution >= 0.6 is 15.4 Å². The van der Waals surface area contributed by atoms with Gasteiger partial charge in [-0.3, -0.25) is 19.2 Å². The van der Waals surface area contributed by atoms with E-state index in [1.54, 1.807) is 9.44 Å². The normalized spacial score (nSPS) is 13.5. The molecule has 17 nitrogen and oxygen atoms in total. The van der Waals surface area contributed by atoms with E-state index >= 15 is 0 Å². The molecule has 2 heterocycles. The lowest BCUT2D eigenvalue weighted by Gasteiger charge is -2.14. The molecule has 0 amide bonds. The lowest BCUT2D eigenvalue weighted by Crippen LogP contribution is -2.19. The third-order valence-corrected chi connectivity index (χ3v) is 10.6. The molecule has 1 aliphatic rings. The maximum absolute atomic E-state index is 13.8. The second kappa shape index (κ2) is 16.4. The van der Waals surface area contributed by atoms with Crippen molar-refractivity contribution in [2.24, 2.45) is 0 Å². The van der Waals surface area contributed by atoms with Crippen LogP contribution < -0.4 is 28.0 Å². The molecule has 1 aliphatic heterocycles. The van der Waals surface area contributed by atoms with Gasteiger partial charge in [0.1, 0.15) is 5.52 Å². The molecular formula is C28H20F10N4O13P2S2. The molecule has 1 unspecified atom stereocenters. The largest absolute Gasteiger partial charge is 0.524 e. The summed E-state index contributed by atoms with van der Waals surface area (Å²) in [5, 5.41) is 0. The van der Waals surface area contributed by atoms with E-state index in [1.165, 1.54) is 0 Å². The van der Waals surface area contributed by atoms with Crippen LogP contribution in [-0.2, 0) is 29.2 Å². The number of anilines is 2. The minimum Gasteiger partial charge on any atom is -0.453 e. The van der Waals surface area contributed by atoms with Crippen LogP contribution in [0.25, 0.3) is 11.0 Å². The number of rotatable bonds is 10. The summed E-state index contributed by atoms with van der Waals surface area (Å²) in [7, 11) is -20.0. The molecular weight excluding hydrogens is 916 g/mol. The topological polar surface area (TPSA) is 253 Å². The van der Waals surface area contributed by atoms with Crippen LogP contribution in [0.4, 0.5) is 55.3 Å². The fourth-order valence-corrected chi connectivity index (χ4v) is 7.87. The summed E-state index contributed by atoms with van der Waals surface area (Å²) < 4.78 is 229. The van der Waals surface area contributed by atoms with E-state index in [9.17, 15) is 74.8 Å². The molecule has 0 aliphatic carbocycles. The van der Waals surface area contributed by atoms with Crippen molar-refractivity contribution >= 4 is 57.9 Å². The van der Waals surface area contributed by atoms with Gasteiger partial charge in [-0.1, -0.05) is 7.43 Å². The number of aromatic amines is 1. The fourth-order valence-electron chi connectivity index (χ4n) is 4.62. The molecule has 0 fully saturated rings. The third kappa shape index (κ3) is 9.61. The number of phosphoric acid groups is 1. The monoisotopic (exact) mass is 936 g/mol. The maximum Gasteiger partial charge on any atom is 0.524 e. The van der Waals surface area contributed by atoms with Gasteiger partial charge in [0, 0.05) is 24.9 Å². The maximum atomic E-state index is 13.8. The minimum atomic E-state index is -5.38. The Labute approximate surface area is 322 Å². The van der Waals surface area contributed by atoms with Crippen molar-refractivity contribution in [3.05, 3.63) is 88.8 Å². The number of halogens is 10. The summed E-state index contributed by atoms with van der Waals surface area (Å²) >= 11 is 0. The summed E-state index contributed by atoms with van der Waals surface area (Å²) in [4.78, 5) is 29.1. The standard InChI is InChI=1S/C14H9F5NO7PS.C13H7F5N3O6PS.CH4/c1-28(21,22)27-7-3-5(2-6-13(7)26-4-25-6)20-29(23,24)14-11(18)9(16)8(15)10(17)12(14)19;14-7-8(15)10(17)13(11(18)9(7)16)29(25,26)21-4-1-5-12(20-3-19-5)6(2-4)27-28(22,23)24;/h2-3,20H,4H2,1H3,(H,21,22);1-3,21H,(H,19,20)(H2,22,23,24);1H4. The van der Waals surface area contributed by atoms with Crippen molar-refractivity contribution in [1.82, 2.24) is 9.97 Å². The molecule has 0 saturated carbocycles. The number of aromatic nitrogens is 2. The number of phosphoric ester groups is 1. The van der Waals surface area contributed by atoms with E-state index in [-0.39, 0.29) is 36.8 Å². The van der Waals surface area contributed by atoms with Gasteiger partial charge in [-0.2, -0.15) is 0 Å². The molecule has 4 aromatic carbocycles. The number of nitrogens with one attached hydrogen (secondary N) is 3. The molecule has 1 aromatic heterocycles. The fraction of sp³-hybridized carbons (Fsp3) is 0.107. The molecule has 322 valence electrons. The number of H-pyrrole nitrogens is 1. The van der Waals surface area contributed by atoms with Gasteiger partial charge in [0.05, 0.1) is 23.2 Å². The molecule has 1 atom stereocenters. The van der Waals surface area contributed by atoms with Crippen molar-refractivity contribution in [2.45, 2.75) is 17.2 Å². The predicted octanol–water partition coefficient (Wildman–Crippen LogP) is 6.27. The van der Waals surface area contributed by atoms with Crippen LogP contribution in [0, 0.1) is 58.2 Å². The summed E-state index contributed by atoms with van der Waals surface area (Å²) in [5.41, 5.74) is -1.31. The molecule has 0 radical (unpaired) electrons. The van der Waals surface area contributed by atoms with E-state index in [4.69, 9.17) is 23.8 Å². The van der Waals surface area contributed by atoms with E-state index in [2.05, 4.69) is 14.5 Å². The van der Waals surface area contributed by atoms with Gasteiger partial charge in [-0.25, -0.2) is 74.9 Å². The van der Waals surface area contributed by atoms with E-state index in [1.807, 2.05) is 0 Å². The zero-order valence-electron chi connectivity index (χ0n) is 27.5. The first-order chi connectivity index (χ1) is 26.6. The predicted molar refractivity (Wildman–Crippen MR) is 179 cm³/mol. The minimum absolute atomic E-state index is 0. The average Bonchev–Trinajstić information content (AvgIpc) is 3.77. The van der Waals surface area contributed by atoms with Crippen LogP contribution in [0.15, 0.2) is 40.4 Å². The van der Waals surface area contributed by atoms with Crippen LogP contribution in [0.2, 0.25) is 0 Å². The van der Waals surface area contributed by atoms with Crippen LogP contribution in [-0.4, -0.2) is 54.9 Å². The van der Waals surface area contributed by atoms with E-state index < -0.39 is 126 Å². The Morgan fingerprint density at radius 1 is 0.661 bits per heavy atom. The Hall–Kier alpha value is -5.31. The highest BCUT2D eigenvalue weighted by Crippen LogP contribution is 2.50. The van der Waals surface area contributed by atoms with Gasteiger partial charge < -0.3 is 28.4 Å². The van der Waals surface area contributed by atoms with E-state index in [0.29, 0.717) is 6.07 Å². The van der Waals surface area contributed by atoms with Crippen molar-refractivity contribution < 1.29 is 103 Å². The number of fused-ring (bicyclic) bond motifs is 2. The van der Waals surface area contributed by atoms with Gasteiger partial charge in [-0.05, 0) is 6.07 Å². The number of hydrogen-bond acceptors (Lipinski definition) is 11. The van der Waals surface area contributed by atoms with Gasteiger partial charge in [0.25, 0.3) is 20.0 Å². The smallest absolute Gasteiger partial charge is 0.453 e. The second-order valence-electron chi connectivity index (χ2n) is 11.0. The first-order valence-electron chi connectivity index (χ1n) is 14.4. The number of benzene rings is 4. The van der Waals surface area contributed by atoms with Crippen molar-refractivity contribution in [2.75, 3.05) is 22.9 Å². The van der Waals surface area contributed by atoms with Gasteiger partial charge in [0.15, 0.2) is 73.6 Å². The molecule has 0 spiro atoms. The SMILES string of the molecule is C.CP(=O)(O)Oc1cc(NS(=O)(=O)c2c(F)c(F)c(F)c(F)c2F)cc2c1OCO2.O=P(O)(O)Oc1cc(NS(=O)(=O)c2c(F)c(F)c(F)c(F)c2F)cc2[nH]cnc12. The highest BCUT2D eigenvalue weighted by Gasteiger charge is 2.36. The summed E-state index contributed by atoms with van der Waals surface area (Å²) in [6.45, 7) is 0.444. The van der Waals surface area contributed by atoms with E-state index in [0.717, 1.165) is 31.2 Å². The van der Waals surface area contributed by atoms with Gasteiger partial charge in [-0.15, -0.1) is 0 Å². The Balaban J connectivity index is 0.000000256. The van der Waals surface area contributed by atoms with Crippen LogP contribution in [0.3, 0.4) is 0 Å². The molecule has 0 bridgehead atoms. The highest BCUT2D eigenvalue weighted by molar-refractivity contribution is 7.93. The van der Waals surface area contributed by atoms with Crippen LogP contribution in [0.5, 0.6) is 23.0 Å². The molecule has 59 heavy (non-hydrogen) atoms. The summed E-state index contributed by atoms with van der Waals surface area (Å²) in [6.07, 6.45) is 1.06. The molecule has 0 saturated heterocycles. The number of ether oxygens (including phenoxy) is 2. The number of sulfonamides is 2. The Bertz CT molecular complexity index is 2790. The number of imidazole rings is 1. The number of hydrogen-bond donors (Lipinski definition) is 6. The van der Waals surface area contributed by atoms with Crippen LogP contribution in [0.1, 0.15) is 7.43 Å². The zero-order valence-corrected chi connectivity index (χ0v) is 30.9. The lowest BCUT2D eigenvalue weighted by molar-refractivity contribution is 0.172. The van der Waals surface area contributed by atoms with Crippen molar-refractivity contribution in [3.63, 3.8) is 0 Å². The summed E-state index contributed by atoms with van der Waals surface area (Å²) in [5.74, 6) is -26.7. The molecule has 5 aromatic rings. The zero-order chi connectivity index (χ0) is 43.4. The first kappa shape index (κ1) is 46.4. The molecule has 6 N–H and O–H groups in total. The third-order valence-electron chi connectivity index (χ3n) is 6.79. The van der Waals surface area contributed by atoms with Crippen molar-refractivity contribution in [1.29, 1.82) is 0 Å². The second-order valence-corrected chi connectivity index (χ2v) is 17.2. The Kier molecular flexibility index (Phi) is 12.9. The lowest BCUT2D eigenvalue weighted by atomic mass is 10.2. The Morgan fingerprint density at radius 3 is 1.53 bits per heavy atom. The Morgan fingerprint density at radius 2 is 1.08 bits per heavy atom.